The van der Waals surface area contributed by atoms with Crippen LogP contribution in [0.25, 0.3) is 0 Å². The molecule has 15 heavy (non-hydrogen) atoms. The van der Waals surface area contributed by atoms with E-state index in [4.69, 9.17) is 5.73 Å². The summed E-state index contributed by atoms with van der Waals surface area (Å²) in [6, 6.07) is 7.79. The summed E-state index contributed by atoms with van der Waals surface area (Å²) >= 11 is 3.24. The van der Waals surface area contributed by atoms with Crippen LogP contribution < -0.4 is 5.73 Å². The molecule has 2 rings (SSSR count). The predicted molar refractivity (Wildman–Crippen MR) is 62.4 cm³/mol. The lowest BCUT2D eigenvalue weighted by Gasteiger charge is -2.01. The molecule has 0 amide bonds. The van der Waals surface area contributed by atoms with E-state index in [2.05, 4.69) is 26.0 Å². The maximum absolute atomic E-state index is 5.70. The highest BCUT2D eigenvalue weighted by molar-refractivity contribution is 9.10. The number of nitrogens with two attached hydrogens (primary N) is 1. The van der Waals surface area contributed by atoms with Crippen LogP contribution in [-0.2, 0) is 13.5 Å². The smallest absolute Gasteiger partial charge is 0.217 e. The molecule has 0 fully saturated rings. The van der Waals surface area contributed by atoms with Crippen LogP contribution in [0.1, 0.15) is 11.4 Å². The second-order valence-corrected chi connectivity index (χ2v) is 4.05. The van der Waals surface area contributed by atoms with Crippen molar-refractivity contribution in [1.29, 1.82) is 0 Å². The Labute approximate surface area is 96.3 Å². The number of aromatic nitrogens is 3. The van der Waals surface area contributed by atoms with Gasteiger partial charge in [-0.15, -0.1) is 5.10 Å². The van der Waals surface area contributed by atoms with Gasteiger partial charge >= 0.3 is 0 Å². The summed E-state index contributed by atoms with van der Waals surface area (Å²) in [5, 5.41) is 4.12. The van der Waals surface area contributed by atoms with Crippen molar-refractivity contribution in [3.8, 4) is 0 Å². The van der Waals surface area contributed by atoms with E-state index in [9.17, 15) is 0 Å². The average molecular weight is 267 g/mol. The van der Waals surface area contributed by atoms with E-state index >= 15 is 0 Å². The second kappa shape index (κ2) is 4.02. The molecule has 1 aromatic carbocycles. The predicted octanol–water partition coefficient (Wildman–Crippen LogP) is 1.75. The lowest BCUT2D eigenvalue weighted by Crippen LogP contribution is -2.00. The molecule has 0 atom stereocenters. The minimum atomic E-state index is 0.615. The van der Waals surface area contributed by atoms with Gasteiger partial charge in [-0.05, 0) is 33.6 Å². The van der Waals surface area contributed by atoms with Crippen molar-refractivity contribution < 1.29 is 0 Å². The molecule has 0 radical (unpaired) electrons. The third kappa shape index (κ3) is 2.36. The van der Waals surface area contributed by atoms with Crippen LogP contribution in [0.3, 0.4) is 0 Å². The molecule has 0 saturated carbocycles. The molecular weight excluding hydrogens is 256 g/mol. The van der Waals surface area contributed by atoms with E-state index in [1.807, 2.05) is 31.3 Å². The molecule has 4 nitrogen and oxygen atoms in total. The van der Waals surface area contributed by atoms with Crippen LogP contribution in [-0.4, -0.2) is 14.8 Å². The fraction of sp³-hybridized carbons (Fsp3) is 0.200. The number of hydrogen-bond donors (Lipinski definition) is 1. The molecular formula is C10H11BrN4. The molecule has 0 spiro atoms. The van der Waals surface area contributed by atoms with Crippen molar-refractivity contribution >= 4 is 21.6 Å². The van der Waals surface area contributed by atoms with Crippen LogP contribution in [0, 0.1) is 0 Å². The highest BCUT2D eigenvalue weighted by atomic mass is 79.9. The van der Waals surface area contributed by atoms with Crippen molar-refractivity contribution in [2.75, 3.05) is 5.73 Å². The van der Waals surface area contributed by atoms with E-state index in [1.54, 1.807) is 4.68 Å². The van der Waals surface area contributed by atoms with E-state index in [1.165, 1.54) is 0 Å². The first-order chi connectivity index (χ1) is 7.15. The average Bonchev–Trinajstić information content (AvgIpc) is 2.45. The zero-order chi connectivity index (χ0) is 10.8. The molecule has 0 saturated heterocycles. The van der Waals surface area contributed by atoms with Crippen molar-refractivity contribution in [3.63, 3.8) is 0 Å². The topological polar surface area (TPSA) is 56.7 Å². The number of hydrogen-bond acceptors (Lipinski definition) is 3. The van der Waals surface area contributed by atoms with Gasteiger partial charge in [0, 0.05) is 19.2 Å². The third-order valence-corrected chi connectivity index (χ3v) is 2.48. The number of aryl methyl sites for hydroxylation is 1. The van der Waals surface area contributed by atoms with Gasteiger partial charge in [-0.1, -0.05) is 12.1 Å². The summed E-state index contributed by atoms with van der Waals surface area (Å²) in [4.78, 5) is 4.26. The molecule has 0 aliphatic heterocycles. The van der Waals surface area contributed by atoms with Gasteiger partial charge in [0.25, 0.3) is 0 Å². The Kier molecular flexibility index (Phi) is 2.73. The molecule has 2 N–H and O–H groups in total. The fourth-order valence-electron chi connectivity index (χ4n) is 1.42. The third-order valence-electron chi connectivity index (χ3n) is 2.14. The Bertz CT molecular complexity index is 478. The van der Waals surface area contributed by atoms with Crippen molar-refractivity contribution in [2.24, 2.45) is 7.05 Å². The second-order valence-electron chi connectivity index (χ2n) is 3.34. The molecule has 1 aromatic heterocycles. The van der Waals surface area contributed by atoms with Crippen molar-refractivity contribution in [3.05, 3.63) is 40.4 Å². The van der Waals surface area contributed by atoms with Crippen LogP contribution in [0.5, 0.6) is 0 Å². The summed E-state index contributed by atoms with van der Waals surface area (Å²) < 4.78 is 2.37. The van der Waals surface area contributed by atoms with Gasteiger partial charge in [0.2, 0.25) is 4.73 Å². The van der Waals surface area contributed by atoms with Gasteiger partial charge in [-0.2, -0.15) is 0 Å². The van der Waals surface area contributed by atoms with Gasteiger partial charge in [-0.25, -0.2) is 4.98 Å². The van der Waals surface area contributed by atoms with E-state index in [0.717, 1.165) is 23.5 Å². The molecule has 1 heterocycles. The van der Waals surface area contributed by atoms with Gasteiger partial charge < -0.3 is 5.73 Å². The summed E-state index contributed by atoms with van der Waals surface area (Å²) in [7, 11) is 1.87. The fourth-order valence-corrected chi connectivity index (χ4v) is 1.86. The normalized spacial score (nSPS) is 10.5. The molecule has 2 aromatic rings. The standard InChI is InChI=1S/C10H11BrN4/c1-15-9(13-10(11)14-15)6-7-3-2-4-8(12)5-7/h2-5H,6,12H2,1H3. The monoisotopic (exact) mass is 266 g/mol. The van der Waals surface area contributed by atoms with Crippen LogP contribution in [0.4, 0.5) is 5.69 Å². The first kappa shape index (κ1) is 10.2. The number of rotatable bonds is 2. The van der Waals surface area contributed by atoms with E-state index in [-0.39, 0.29) is 0 Å². The SMILES string of the molecule is Cn1nc(Br)nc1Cc1cccc(N)c1. The number of nitrogen functional groups attached to an aromatic ring is 1. The Balaban J connectivity index is 2.25. The largest absolute Gasteiger partial charge is 0.399 e. The zero-order valence-electron chi connectivity index (χ0n) is 8.31. The summed E-state index contributed by atoms with van der Waals surface area (Å²) in [5.41, 5.74) is 7.61. The van der Waals surface area contributed by atoms with E-state index in [0.29, 0.717) is 4.73 Å². The van der Waals surface area contributed by atoms with Gasteiger partial charge in [0.05, 0.1) is 0 Å². The van der Waals surface area contributed by atoms with Crippen LogP contribution in [0.15, 0.2) is 29.0 Å². The molecule has 0 unspecified atom stereocenters. The minimum absolute atomic E-state index is 0.615. The van der Waals surface area contributed by atoms with Crippen molar-refractivity contribution in [1.82, 2.24) is 14.8 Å². The van der Waals surface area contributed by atoms with Crippen molar-refractivity contribution in [2.45, 2.75) is 6.42 Å². The highest BCUT2D eigenvalue weighted by Crippen LogP contribution is 2.12. The summed E-state index contributed by atoms with van der Waals surface area (Å²) in [5.74, 6) is 0.910. The van der Waals surface area contributed by atoms with Gasteiger partial charge in [0.15, 0.2) is 0 Å². The highest BCUT2D eigenvalue weighted by Gasteiger charge is 2.05. The van der Waals surface area contributed by atoms with Gasteiger partial charge in [-0.3, -0.25) is 4.68 Å². The Morgan fingerprint density at radius 2 is 2.27 bits per heavy atom. The number of nitrogens with zero attached hydrogens (tertiary/aromatic N) is 3. The van der Waals surface area contributed by atoms with Crippen LogP contribution >= 0.6 is 15.9 Å². The molecule has 5 heteroatoms. The summed E-state index contributed by atoms with van der Waals surface area (Å²) in [6.07, 6.45) is 0.736. The number of benzene rings is 1. The van der Waals surface area contributed by atoms with Gasteiger partial charge in [0.1, 0.15) is 5.82 Å². The maximum Gasteiger partial charge on any atom is 0.217 e. The Morgan fingerprint density at radius 3 is 2.87 bits per heavy atom. The quantitative estimate of drug-likeness (QED) is 0.843. The molecule has 0 bridgehead atoms. The number of anilines is 1. The Hall–Kier alpha value is -1.36. The first-order valence-electron chi connectivity index (χ1n) is 4.55. The number of halogens is 1. The van der Waals surface area contributed by atoms with E-state index < -0.39 is 0 Å². The Morgan fingerprint density at radius 1 is 1.47 bits per heavy atom. The molecule has 78 valence electrons. The lowest BCUT2D eigenvalue weighted by atomic mass is 10.1. The van der Waals surface area contributed by atoms with Crippen LogP contribution in [0.2, 0.25) is 0 Å². The first-order valence-corrected chi connectivity index (χ1v) is 5.34. The molecule has 0 aliphatic carbocycles. The lowest BCUT2D eigenvalue weighted by molar-refractivity contribution is 0.713. The minimum Gasteiger partial charge on any atom is -0.399 e. The maximum atomic E-state index is 5.70. The summed E-state index contributed by atoms with van der Waals surface area (Å²) in [6.45, 7) is 0. The zero-order valence-corrected chi connectivity index (χ0v) is 9.90. The molecule has 0 aliphatic rings.